The Hall–Kier alpha value is -2.98. The Bertz CT molecular complexity index is 2220. The molecular formula is C50H64IrNO2S-. The first-order chi connectivity index (χ1) is 25.9. The summed E-state index contributed by atoms with van der Waals surface area (Å²) in [5, 5.41) is 17.6. The second-order valence-electron chi connectivity index (χ2n) is 17.9. The van der Waals surface area contributed by atoms with E-state index in [1.54, 1.807) is 0 Å². The molecule has 0 fully saturated rings. The van der Waals surface area contributed by atoms with Gasteiger partial charge in [0.05, 0.1) is 1.37 Å². The van der Waals surface area contributed by atoms with Gasteiger partial charge in [-0.1, -0.05) is 136 Å². The summed E-state index contributed by atoms with van der Waals surface area (Å²) in [6, 6.07) is 23.3. The zero-order valence-electron chi connectivity index (χ0n) is 36.5. The molecule has 4 aromatic carbocycles. The molecule has 0 aliphatic carbocycles. The van der Waals surface area contributed by atoms with E-state index in [1.165, 1.54) is 43.2 Å². The maximum atomic E-state index is 12.5. The number of hydrogen-bond donors (Lipinski definition) is 1. The van der Waals surface area contributed by atoms with Crippen molar-refractivity contribution in [2.45, 2.75) is 144 Å². The van der Waals surface area contributed by atoms with Crippen LogP contribution < -0.4 is 0 Å². The van der Waals surface area contributed by atoms with E-state index in [0.717, 1.165) is 78.8 Å². The van der Waals surface area contributed by atoms with Gasteiger partial charge >= 0.3 is 0 Å². The Balaban J connectivity index is 0.000000299. The molecule has 1 N–H and O–H groups in total. The molecule has 5 heteroatoms. The number of carbonyl (C=O) groups is 1. The largest absolute Gasteiger partial charge is 0.512 e. The van der Waals surface area contributed by atoms with E-state index in [9.17, 15) is 9.90 Å². The number of nitrogens with zero attached hydrogens (tertiary/aromatic N) is 1. The summed E-state index contributed by atoms with van der Waals surface area (Å²) in [5.41, 5.74) is 4.51. The number of aliphatic hydroxyl groups excluding tert-OH is 1. The molecule has 1 aliphatic heterocycles. The Morgan fingerprint density at radius 1 is 0.764 bits per heavy atom. The van der Waals surface area contributed by atoms with E-state index in [4.69, 9.17) is 6.35 Å². The van der Waals surface area contributed by atoms with E-state index in [1.807, 2.05) is 17.8 Å². The van der Waals surface area contributed by atoms with Crippen LogP contribution in [0.5, 0.6) is 0 Å². The molecule has 0 atom stereocenters. The molecule has 0 saturated heterocycles. The Kier molecular flexibility index (Phi) is 13.9. The molecule has 0 unspecified atom stereocenters. The molecule has 0 bridgehead atoms. The standard InChI is InChI=1S/C33H32NS.C17H32O2.Ir/c1-32(2,3)18-21-11-9-13-23-24-14-15-34-30-26-16-20-10-7-8-12-22(20)27(19-33(4,5)6)31(26)35-28(29(24)30)17-25(21)23;1-7-16(8-2,9-3)14(18)13-15(19)17(10-4,11-5)12-6;/h7-15,17H,18-19H2,1-6H3;13,18H,7-12H2,1-6H3;/q-1;;/b;14-13-;/i15D;;. The van der Waals surface area contributed by atoms with Gasteiger partial charge in [0.15, 0.2) is 5.78 Å². The van der Waals surface area contributed by atoms with Crippen molar-refractivity contribution in [2.75, 3.05) is 0 Å². The molecule has 1 aliphatic rings. The number of carbonyl (C=O) groups excluding carboxylic acids is 1. The number of allylic oxidation sites excluding steroid dienone is 2. The number of hydrogen-bond acceptors (Lipinski definition) is 4. The van der Waals surface area contributed by atoms with Crippen molar-refractivity contribution in [1.82, 2.24) is 4.98 Å². The van der Waals surface area contributed by atoms with Crippen molar-refractivity contribution >= 4 is 49.9 Å². The van der Waals surface area contributed by atoms with Crippen LogP contribution in [-0.2, 0) is 37.7 Å². The van der Waals surface area contributed by atoms with Crippen LogP contribution in [0.3, 0.4) is 0 Å². The van der Waals surface area contributed by atoms with Gasteiger partial charge < -0.3 is 5.11 Å². The van der Waals surface area contributed by atoms with Crippen molar-refractivity contribution in [3.05, 3.63) is 89.8 Å². The predicted octanol–water partition coefficient (Wildman–Crippen LogP) is 15.1. The van der Waals surface area contributed by atoms with E-state index < -0.39 is 0 Å². The minimum atomic E-state index is -0.297. The first-order valence-electron chi connectivity index (χ1n) is 20.9. The molecule has 3 nitrogen and oxygen atoms in total. The molecule has 297 valence electrons. The second kappa shape index (κ2) is 17.7. The maximum Gasteiger partial charge on any atom is 0.165 e. The monoisotopic (exact) mass is 936 g/mol. The number of ketones is 1. The van der Waals surface area contributed by atoms with Gasteiger partial charge in [0.1, 0.15) is 5.76 Å². The van der Waals surface area contributed by atoms with Crippen LogP contribution in [0.2, 0.25) is 0 Å². The van der Waals surface area contributed by atoms with Crippen molar-refractivity contribution in [2.24, 2.45) is 21.7 Å². The third-order valence-corrected chi connectivity index (χ3v) is 13.4. The summed E-state index contributed by atoms with van der Waals surface area (Å²) in [5.74, 6) is 0.377. The molecular weight excluding hydrogens is 871 g/mol. The fourth-order valence-electron chi connectivity index (χ4n) is 8.50. The number of benzene rings is 4. The summed E-state index contributed by atoms with van der Waals surface area (Å²) in [7, 11) is 0. The minimum Gasteiger partial charge on any atom is -0.512 e. The summed E-state index contributed by atoms with van der Waals surface area (Å²) in [6.45, 7) is 26.2. The number of pyridine rings is 1. The van der Waals surface area contributed by atoms with Gasteiger partial charge in [0.2, 0.25) is 0 Å². The summed E-state index contributed by atoms with van der Waals surface area (Å²) in [4.78, 5) is 19.9. The van der Waals surface area contributed by atoms with Gasteiger partial charge in [-0.3, -0.25) is 9.78 Å². The van der Waals surface area contributed by atoms with Crippen LogP contribution in [0.15, 0.2) is 82.4 Å². The third kappa shape index (κ3) is 9.11. The number of fused-ring (bicyclic) bond motifs is 5. The number of aromatic nitrogens is 1. The molecule has 0 saturated carbocycles. The zero-order valence-corrected chi connectivity index (χ0v) is 38.7. The number of rotatable bonds is 11. The van der Waals surface area contributed by atoms with E-state index >= 15 is 0 Å². The predicted molar refractivity (Wildman–Crippen MR) is 234 cm³/mol. The first-order valence-corrected chi connectivity index (χ1v) is 21.2. The second-order valence-corrected chi connectivity index (χ2v) is 19.0. The normalized spacial score (nSPS) is 13.6. The molecule has 1 aromatic heterocycles. The Morgan fingerprint density at radius 3 is 1.93 bits per heavy atom. The fourth-order valence-corrected chi connectivity index (χ4v) is 9.76. The zero-order chi connectivity index (χ0) is 40.5. The summed E-state index contributed by atoms with van der Waals surface area (Å²) >= 11 is 1.87. The van der Waals surface area contributed by atoms with E-state index in [-0.39, 0.29) is 53.3 Å². The Labute approximate surface area is 351 Å². The smallest absolute Gasteiger partial charge is 0.165 e. The first kappa shape index (κ1) is 43.1. The molecule has 0 amide bonds. The van der Waals surface area contributed by atoms with E-state index in [0.29, 0.717) is 6.17 Å². The topological polar surface area (TPSA) is 50.2 Å². The van der Waals surface area contributed by atoms with Crippen molar-refractivity contribution < 1.29 is 31.4 Å². The Morgan fingerprint density at radius 2 is 1.35 bits per heavy atom. The van der Waals surface area contributed by atoms with Crippen LogP contribution in [0.1, 0.15) is 134 Å². The molecule has 5 aromatic rings. The quantitative estimate of drug-likeness (QED) is 0.0609. The van der Waals surface area contributed by atoms with Gasteiger partial charge in [0.25, 0.3) is 0 Å². The van der Waals surface area contributed by atoms with Gasteiger partial charge in [-0.15, -0.1) is 29.3 Å². The average molecular weight is 936 g/mol. The molecule has 2 heterocycles. The molecule has 1 radical (unpaired) electrons. The molecule has 6 rings (SSSR count). The van der Waals surface area contributed by atoms with Crippen LogP contribution >= 0.6 is 11.8 Å². The van der Waals surface area contributed by atoms with Crippen LogP contribution in [0.4, 0.5) is 0 Å². The summed E-state index contributed by atoms with van der Waals surface area (Å²) in [6.07, 6.45) is 8.92. The van der Waals surface area contributed by atoms with Gasteiger partial charge in [-0.25, -0.2) is 0 Å². The van der Waals surface area contributed by atoms with Gasteiger partial charge in [-0.05, 0) is 106 Å². The van der Waals surface area contributed by atoms with Gasteiger partial charge in [-0.2, -0.15) is 0 Å². The third-order valence-electron chi connectivity index (χ3n) is 12.2. The number of aliphatic hydroxyl groups is 1. The molecule has 55 heavy (non-hydrogen) atoms. The van der Waals surface area contributed by atoms with Crippen molar-refractivity contribution in [1.29, 1.82) is 0 Å². The van der Waals surface area contributed by atoms with E-state index in [2.05, 4.69) is 138 Å². The van der Waals surface area contributed by atoms with Crippen molar-refractivity contribution in [3.8, 4) is 11.3 Å². The van der Waals surface area contributed by atoms with Crippen LogP contribution in [0, 0.1) is 27.7 Å². The van der Waals surface area contributed by atoms with Crippen LogP contribution in [0.25, 0.3) is 43.6 Å². The summed E-state index contributed by atoms with van der Waals surface area (Å²) < 4.78 is 8.66. The van der Waals surface area contributed by atoms with Crippen LogP contribution in [-0.4, -0.2) is 15.9 Å². The van der Waals surface area contributed by atoms with Crippen molar-refractivity contribution in [3.63, 3.8) is 0 Å². The minimum absolute atomic E-state index is 0. The fraction of sp³-hybridized carbons (Fsp3) is 0.480. The molecule has 0 spiro atoms. The maximum absolute atomic E-state index is 12.5. The van der Waals surface area contributed by atoms with Gasteiger partial charge in [0, 0.05) is 53.8 Å². The average Bonchev–Trinajstić information content (AvgIpc) is 3.13. The SMILES string of the molecule is CCC(CC)(CC)C(=O)/C=C(\O)C(CC)(CC)CC.[2H]c1cc2c3c(cc4c(CC(C)(C)C)cccc42)Sc2c([c-]c4ccccc4c2CC(C)(C)C)-c3n1.[Ir].